The van der Waals surface area contributed by atoms with Crippen molar-refractivity contribution in [2.75, 3.05) is 163 Å². The maximum atomic E-state index is 13.5. The third kappa shape index (κ3) is 27.3. The molecule has 30 atom stereocenters. The summed E-state index contributed by atoms with van der Waals surface area (Å²) < 4.78 is 99.9. The van der Waals surface area contributed by atoms with Crippen molar-refractivity contribution in [2.45, 2.75) is 194 Å². The summed E-state index contributed by atoms with van der Waals surface area (Å²) in [4.78, 5) is 104. The fraction of sp³-hybridized carbons (Fsp3) is 0.886. The second-order valence-corrected chi connectivity index (χ2v) is 31.6. The van der Waals surface area contributed by atoms with Gasteiger partial charge in [-0.05, 0) is 19.3 Å². The van der Waals surface area contributed by atoms with Crippen LogP contribution >= 0.6 is 55.4 Å². The number of alkyl halides is 2. The Morgan fingerprint density at radius 2 is 0.770 bits per heavy atom. The van der Waals surface area contributed by atoms with E-state index in [9.17, 15) is 74.1 Å². The largest absolute Gasteiger partial charge is 0.396 e. The van der Waals surface area contributed by atoms with Crippen LogP contribution in [0.25, 0.3) is 0 Å². The molecular weight excluding hydrogens is 1670 g/mol. The summed E-state index contributed by atoms with van der Waals surface area (Å²) in [5.74, 6) is -8.13. The minimum absolute atomic E-state index is 0.00881. The predicted octanol–water partition coefficient (Wildman–Crippen LogP) is -5.50. The molecule has 6 fully saturated rings. The van der Waals surface area contributed by atoms with E-state index in [0.29, 0.717) is 11.5 Å². The second-order valence-electron chi connectivity index (χ2n) is 28.3. The van der Waals surface area contributed by atoms with Crippen LogP contribution < -0.4 is 42.5 Å². The van der Waals surface area contributed by atoms with Gasteiger partial charge in [0.05, 0.1) is 147 Å². The number of thioether (sulfide) groups is 2. The van der Waals surface area contributed by atoms with E-state index in [1.54, 1.807) is 0 Å². The van der Waals surface area contributed by atoms with Crippen molar-refractivity contribution >= 4 is 103 Å². The number of hydrogen-bond acceptors (Lipinski definition) is 33. The lowest BCUT2D eigenvalue weighted by Crippen LogP contribution is -2.70. The summed E-state index contributed by atoms with van der Waals surface area (Å²) in [7, 11) is 9.79. The molecular formula is C70H120Br2N8O31S2. The first-order chi connectivity index (χ1) is 54.3. The molecule has 0 spiro atoms. The van der Waals surface area contributed by atoms with Crippen molar-refractivity contribution in [2.24, 2.45) is 35.5 Å². The van der Waals surface area contributed by atoms with Crippen LogP contribution in [-0.4, -0.2) is 392 Å². The molecule has 0 radical (unpaired) electrons. The van der Waals surface area contributed by atoms with Crippen LogP contribution in [0.1, 0.15) is 47.0 Å². The molecule has 39 nitrogen and oxygen atoms in total. The van der Waals surface area contributed by atoms with Crippen LogP contribution in [0, 0.1) is 35.5 Å². The van der Waals surface area contributed by atoms with Crippen LogP contribution in [0.3, 0.4) is 0 Å². The number of methoxy groups -OCH3 is 7. The van der Waals surface area contributed by atoms with Gasteiger partial charge in [-0.1, -0.05) is 31.9 Å². The molecule has 0 bridgehead atoms. The van der Waals surface area contributed by atoms with Gasteiger partial charge in [-0.15, -0.1) is 23.5 Å². The third-order valence-corrected chi connectivity index (χ3v) is 23.9. The van der Waals surface area contributed by atoms with Crippen LogP contribution in [-0.2, 0) is 114 Å². The van der Waals surface area contributed by atoms with Crippen molar-refractivity contribution in [1.29, 1.82) is 0 Å². The molecule has 2 aliphatic carbocycles. The number of aliphatic hydroxyl groups excluding tert-OH is 7. The van der Waals surface area contributed by atoms with Gasteiger partial charge in [0.25, 0.3) is 0 Å². The molecule has 4 aliphatic heterocycles. The Balaban J connectivity index is 1.04. The van der Waals surface area contributed by atoms with Gasteiger partial charge in [-0.25, -0.2) is 0 Å². The van der Waals surface area contributed by atoms with E-state index in [0.717, 1.165) is 0 Å². The average molecular weight is 1790 g/mol. The number of carbonyl (C=O) groups is 8. The lowest BCUT2D eigenvalue weighted by Gasteiger charge is -2.52. The first-order valence-electron chi connectivity index (χ1n) is 37.5. The van der Waals surface area contributed by atoms with E-state index < -0.39 is 263 Å². The Morgan fingerprint density at radius 3 is 1.20 bits per heavy atom. The number of halogens is 2. The molecule has 113 heavy (non-hydrogen) atoms. The zero-order valence-electron chi connectivity index (χ0n) is 65.7. The maximum absolute atomic E-state index is 13.5. The van der Waals surface area contributed by atoms with Crippen LogP contribution in [0.2, 0.25) is 0 Å². The minimum Gasteiger partial charge on any atom is -0.396 e. The zero-order chi connectivity index (χ0) is 83.2. The molecule has 30 unspecified atom stereocenters. The van der Waals surface area contributed by atoms with E-state index >= 15 is 0 Å². The van der Waals surface area contributed by atoms with E-state index in [2.05, 4.69) is 74.4 Å². The minimum atomic E-state index is -1.38. The number of hydrogen-bond donors (Lipinski definition) is 15. The van der Waals surface area contributed by atoms with Crippen LogP contribution in [0.5, 0.6) is 0 Å². The van der Waals surface area contributed by atoms with Gasteiger partial charge in [0.15, 0.2) is 25.2 Å². The van der Waals surface area contributed by atoms with E-state index in [1.807, 2.05) is 0 Å². The zero-order valence-corrected chi connectivity index (χ0v) is 70.5. The van der Waals surface area contributed by atoms with Gasteiger partial charge in [-0.2, -0.15) is 0 Å². The van der Waals surface area contributed by atoms with Gasteiger partial charge in [-0.3, -0.25) is 38.4 Å². The summed E-state index contributed by atoms with van der Waals surface area (Å²) >= 11 is 8.91. The number of ether oxygens (including phenoxy) is 16. The molecule has 2 saturated carbocycles. The molecule has 0 aromatic carbocycles. The van der Waals surface area contributed by atoms with Gasteiger partial charge >= 0.3 is 0 Å². The second kappa shape index (κ2) is 50.5. The van der Waals surface area contributed by atoms with Crippen LogP contribution in [0.15, 0.2) is 0 Å². The van der Waals surface area contributed by atoms with E-state index in [1.165, 1.54) is 101 Å². The smallest absolute Gasteiger partial charge is 0.230 e. The number of amides is 8. The molecule has 4 saturated heterocycles. The molecule has 4 heterocycles. The average Bonchev–Trinajstić information content (AvgIpc) is 0.767. The third-order valence-electron chi connectivity index (χ3n) is 21.1. The molecule has 15 N–H and O–H groups in total. The van der Waals surface area contributed by atoms with Gasteiger partial charge < -0.3 is 154 Å². The highest BCUT2D eigenvalue weighted by molar-refractivity contribution is 9.09. The summed E-state index contributed by atoms with van der Waals surface area (Å²) in [5, 5.41) is 98.5. The monoisotopic (exact) mass is 1790 g/mol. The van der Waals surface area contributed by atoms with Gasteiger partial charge in [0.1, 0.15) is 54.9 Å². The van der Waals surface area contributed by atoms with E-state index in [-0.39, 0.29) is 86.9 Å². The highest BCUT2D eigenvalue weighted by Gasteiger charge is 2.58. The maximum Gasteiger partial charge on any atom is 0.230 e. The van der Waals surface area contributed by atoms with Crippen molar-refractivity contribution < 1.29 is 150 Å². The quantitative estimate of drug-likeness (QED) is 0.0200. The number of aliphatic hydroxyl groups is 7. The first-order valence-corrected chi connectivity index (χ1v) is 42.1. The summed E-state index contributed by atoms with van der Waals surface area (Å²) in [6.45, 7) is 1.71. The molecule has 0 aromatic heterocycles. The molecule has 43 heteroatoms. The normalized spacial score (nSPS) is 36.0. The van der Waals surface area contributed by atoms with Gasteiger partial charge in [0, 0.05) is 146 Å². The number of rotatable bonds is 46. The predicted molar refractivity (Wildman–Crippen MR) is 409 cm³/mol. The Kier molecular flexibility index (Phi) is 44.0. The SMILES string of the molecule is COCC1OC(OC2C(NC(C)=O)CC(NC(C)=O)C(OC3OC(CNC(=O)CSCCOCCSCC(=O)NCC4OC(OC5C(NC(C)=O)CC(NC(C)=O)C(OC6OC(CCO)C(CO)C(NC(=O)CBr)C6OC)C5OC)C(CO)C(OC)C4OC)C(CO)C(CO)C3OC)C2CO)C(CO)C(NC(=O)CBr)C1OC. The topological polar surface area (TPSA) is 522 Å². The summed E-state index contributed by atoms with van der Waals surface area (Å²) in [6, 6.07) is -5.47. The van der Waals surface area contributed by atoms with Crippen molar-refractivity contribution in [3.63, 3.8) is 0 Å². The highest BCUT2D eigenvalue weighted by Crippen LogP contribution is 2.42. The Hall–Kier alpha value is -3.50. The molecule has 0 aromatic rings. The highest BCUT2D eigenvalue weighted by atomic mass is 79.9. The molecule has 6 aliphatic rings. The van der Waals surface area contributed by atoms with Crippen molar-refractivity contribution in [1.82, 2.24) is 42.5 Å². The Bertz CT molecular complexity index is 2730. The van der Waals surface area contributed by atoms with Crippen molar-refractivity contribution in [3.05, 3.63) is 0 Å². The van der Waals surface area contributed by atoms with E-state index in [4.69, 9.17) is 75.8 Å². The summed E-state index contributed by atoms with van der Waals surface area (Å²) in [6.07, 6.45) is -19.6. The first kappa shape index (κ1) is 98.3. The Morgan fingerprint density at radius 1 is 0.381 bits per heavy atom. The number of nitrogens with one attached hydrogen (secondary N) is 8. The lowest BCUT2D eigenvalue weighted by atomic mass is 9.76. The Labute approximate surface area is 683 Å². The van der Waals surface area contributed by atoms with Crippen molar-refractivity contribution in [3.8, 4) is 0 Å². The number of carbonyl (C=O) groups excluding carboxylic acids is 8. The standard InChI is InChI=1S/C70H120Br2N8O31S2/c1-33(88)75-43-18-44(76-34(2)89)58(41(28-86)57(43)108-67-40(27-85)56(80-52(93)21-72)63(99-8)50(107-67)30-96-5)109-69-60(98-7)38(25-83)37(24-82)48(105-69)22-73-53(94)31-112-16-14-103-15-17-113-32-54(95)74-23-49-64(100-9)59(97-6)42(29-87)68(106-49)110-61-45(77-35(3)90)19-46(78-36(4)91)62(66(61)102-11)111-70-65(101-10)55(79-51(92)20-71)39(26-84)47(104-70)12-13-81/h37-50,55-70,81-87H,12-32H2,1-11H3,(H,73,94)(H,74,95)(H,75,88)(H,76,89)(H,77,90)(H,78,91)(H,79,92)(H,80,93). The molecule has 6 rings (SSSR count). The molecule has 8 amide bonds. The van der Waals surface area contributed by atoms with Crippen LogP contribution in [0.4, 0.5) is 0 Å². The fourth-order valence-corrected chi connectivity index (χ4v) is 17.8. The summed E-state index contributed by atoms with van der Waals surface area (Å²) in [5.41, 5.74) is 0. The molecule has 652 valence electrons. The fourth-order valence-electron chi connectivity index (χ4n) is 16.1. The van der Waals surface area contributed by atoms with Gasteiger partial charge in [0.2, 0.25) is 47.3 Å². The lowest BCUT2D eigenvalue weighted by molar-refractivity contribution is -0.332.